The van der Waals surface area contributed by atoms with Gasteiger partial charge in [-0.1, -0.05) is 33.6 Å². The third-order valence-electron chi connectivity index (χ3n) is 4.37. The van der Waals surface area contributed by atoms with E-state index in [2.05, 4.69) is 20.8 Å². The molecule has 0 amide bonds. The van der Waals surface area contributed by atoms with Crippen molar-refractivity contribution in [2.45, 2.75) is 59.3 Å². The molecule has 1 aliphatic rings. The highest BCUT2D eigenvalue weighted by atomic mass is 16.5. The lowest BCUT2D eigenvalue weighted by molar-refractivity contribution is 0.0911. The van der Waals surface area contributed by atoms with Crippen molar-refractivity contribution < 1.29 is 19.1 Å². The Balaban J connectivity index is 2.26. The third kappa shape index (κ3) is 3.20. The third-order valence-corrected chi connectivity index (χ3v) is 4.37. The molecule has 1 N–H and O–H groups in total. The number of hydrogen-bond acceptors (Lipinski definition) is 4. The molecule has 0 bridgehead atoms. The van der Waals surface area contributed by atoms with Gasteiger partial charge in [-0.25, -0.2) is 0 Å². The zero-order valence-electron chi connectivity index (χ0n) is 13.1. The molecule has 116 valence electrons. The molecule has 2 rings (SSSR count). The van der Waals surface area contributed by atoms with Gasteiger partial charge in [0.1, 0.15) is 11.3 Å². The fraction of sp³-hybridized carbons (Fsp3) is 0.647. The Morgan fingerprint density at radius 3 is 2.67 bits per heavy atom. The van der Waals surface area contributed by atoms with Crippen LogP contribution >= 0.6 is 0 Å². The van der Waals surface area contributed by atoms with E-state index in [1.54, 1.807) is 0 Å². The van der Waals surface area contributed by atoms with Crippen LogP contribution in [0, 0.1) is 11.8 Å². The number of hydrogen-bond donors (Lipinski definition) is 1. The lowest BCUT2D eigenvalue weighted by Gasteiger charge is -2.23. The number of furan rings is 1. The first-order valence-electron chi connectivity index (χ1n) is 7.86. The molecule has 1 aliphatic carbocycles. The minimum Gasteiger partial charge on any atom is -0.480 e. The van der Waals surface area contributed by atoms with Gasteiger partial charge in [-0.05, 0) is 18.3 Å². The molecule has 0 radical (unpaired) electrons. The topological polar surface area (TPSA) is 67.5 Å². The first-order valence-corrected chi connectivity index (χ1v) is 7.86. The van der Waals surface area contributed by atoms with E-state index in [9.17, 15) is 14.7 Å². The van der Waals surface area contributed by atoms with Crippen LogP contribution in [0.4, 0.5) is 0 Å². The van der Waals surface area contributed by atoms with Gasteiger partial charge in [0.05, 0.1) is 5.56 Å². The monoisotopic (exact) mass is 292 g/mol. The number of Topliss-reactive ketones (excluding diaryl/α,β-unsaturated/α-hetero) is 2. The van der Waals surface area contributed by atoms with Crippen LogP contribution in [0.2, 0.25) is 0 Å². The van der Waals surface area contributed by atoms with Gasteiger partial charge in [0.2, 0.25) is 0 Å². The molecule has 4 heteroatoms. The van der Waals surface area contributed by atoms with Gasteiger partial charge < -0.3 is 9.52 Å². The van der Waals surface area contributed by atoms with Crippen LogP contribution in [-0.2, 0) is 6.42 Å². The van der Waals surface area contributed by atoms with Gasteiger partial charge in [-0.3, -0.25) is 9.59 Å². The Kier molecular flexibility index (Phi) is 4.86. The first-order chi connectivity index (χ1) is 9.95. The summed E-state index contributed by atoms with van der Waals surface area (Å²) in [6.07, 6.45) is 4.17. The minimum absolute atomic E-state index is 0.0714. The van der Waals surface area contributed by atoms with E-state index >= 15 is 0 Å². The summed E-state index contributed by atoms with van der Waals surface area (Å²) in [6.45, 7) is 6.21. The summed E-state index contributed by atoms with van der Waals surface area (Å²) in [5.74, 6) is 0.456. The summed E-state index contributed by atoms with van der Waals surface area (Å²) in [4.78, 5) is 24.6. The van der Waals surface area contributed by atoms with Crippen molar-refractivity contribution in [1.29, 1.82) is 0 Å². The Morgan fingerprint density at radius 2 is 2.05 bits per heavy atom. The van der Waals surface area contributed by atoms with E-state index in [-0.39, 0.29) is 29.0 Å². The van der Waals surface area contributed by atoms with Crippen molar-refractivity contribution in [3.8, 4) is 5.95 Å². The lowest BCUT2D eigenvalue weighted by atomic mass is 9.79. The minimum atomic E-state index is -0.376. The quantitative estimate of drug-likeness (QED) is 0.631. The summed E-state index contributed by atoms with van der Waals surface area (Å²) in [5.41, 5.74) is 0.458. The molecule has 0 aliphatic heterocycles. The number of aromatic hydroxyl groups is 1. The molecular formula is C17H24O4. The molecule has 0 saturated heterocycles. The summed E-state index contributed by atoms with van der Waals surface area (Å²) < 4.78 is 5.33. The molecule has 0 spiro atoms. The second kappa shape index (κ2) is 6.46. The molecule has 4 nitrogen and oxygen atoms in total. The van der Waals surface area contributed by atoms with Crippen molar-refractivity contribution in [2.75, 3.05) is 0 Å². The van der Waals surface area contributed by atoms with Crippen LogP contribution in [0.1, 0.15) is 79.4 Å². The second-order valence-corrected chi connectivity index (χ2v) is 6.30. The summed E-state index contributed by atoms with van der Waals surface area (Å²) in [6, 6.07) is 0. The average molecular weight is 292 g/mol. The van der Waals surface area contributed by atoms with Gasteiger partial charge in [-0.15, -0.1) is 0 Å². The Hall–Kier alpha value is -1.58. The summed E-state index contributed by atoms with van der Waals surface area (Å²) in [5, 5.41) is 9.93. The lowest BCUT2D eigenvalue weighted by Crippen LogP contribution is -2.24. The van der Waals surface area contributed by atoms with Crippen LogP contribution in [0.3, 0.4) is 0 Å². The van der Waals surface area contributed by atoms with Gasteiger partial charge >= 0.3 is 0 Å². The van der Waals surface area contributed by atoms with Crippen LogP contribution in [0.25, 0.3) is 0 Å². The summed E-state index contributed by atoms with van der Waals surface area (Å²) in [7, 11) is 0. The highest BCUT2D eigenvalue weighted by Gasteiger charge is 2.36. The second-order valence-electron chi connectivity index (χ2n) is 6.30. The number of ketones is 2. The molecule has 1 unspecified atom stereocenters. The Labute approximate surface area is 125 Å². The van der Waals surface area contributed by atoms with E-state index in [4.69, 9.17) is 4.42 Å². The molecule has 1 aromatic rings. The van der Waals surface area contributed by atoms with Gasteiger partial charge in [0, 0.05) is 19.3 Å². The van der Waals surface area contributed by atoms with E-state index in [0.717, 1.165) is 19.3 Å². The maximum absolute atomic E-state index is 12.3. The molecule has 0 aromatic carbocycles. The zero-order valence-corrected chi connectivity index (χ0v) is 13.1. The fourth-order valence-electron chi connectivity index (χ4n) is 2.94. The predicted molar refractivity (Wildman–Crippen MR) is 79.8 cm³/mol. The average Bonchev–Trinajstić information content (AvgIpc) is 2.75. The van der Waals surface area contributed by atoms with Gasteiger partial charge in [0.15, 0.2) is 11.6 Å². The molecule has 0 saturated carbocycles. The Morgan fingerprint density at radius 1 is 1.33 bits per heavy atom. The van der Waals surface area contributed by atoms with E-state index in [0.29, 0.717) is 36.5 Å². The smallest absolute Gasteiger partial charge is 0.294 e. The van der Waals surface area contributed by atoms with E-state index < -0.39 is 0 Å². The van der Waals surface area contributed by atoms with Gasteiger partial charge in [-0.2, -0.15) is 0 Å². The standard InChI is InChI=1S/C17H24O4/c1-4-5-6-7-12(18)16-15-13(19)8-11(10(2)3)9-14(15)21-17(16)20/h10-11,20H,4-9H2,1-3H3. The molecule has 1 aromatic heterocycles. The molecule has 1 atom stereocenters. The van der Waals surface area contributed by atoms with Crippen molar-refractivity contribution in [2.24, 2.45) is 11.8 Å². The van der Waals surface area contributed by atoms with Crippen LogP contribution in [0.15, 0.2) is 4.42 Å². The summed E-state index contributed by atoms with van der Waals surface area (Å²) >= 11 is 0. The number of carbonyl (C=O) groups is 2. The van der Waals surface area contributed by atoms with Crippen molar-refractivity contribution in [3.63, 3.8) is 0 Å². The zero-order chi connectivity index (χ0) is 15.6. The number of carbonyl (C=O) groups excluding carboxylic acids is 2. The SMILES string of the molecule is CCCCCC(=O)c1c(O)oc2c1C(=O)CC(C(C)C)C2. The van der Waals surface area contributed by atoms with Crippen molar-refractivity contribution in [1.82, 2.24) is 0 Å². The van der Waals surface area contributed by atoms with Gasteiger partial charge in [0.25, 0.3) is 5.95 Å². The Bertz CT molecular complexity index is 539. The highest BCUT2D eigenvalue weighted by Crippen LogP contribution is 2.38. The highest BCUT2D eigenvalue weighted by molar-refractivity contribution is 6.11. The largest absolute Gasteiger partial charge is 0.480 e. The predicted octanol–water partition coefficient (Wildman–Crippen LogP) is 4.15. The van der Waals surface area contributed by atoms with Crippen LogP contribution < -0.4 is 0 Å². The first kappa shape index (κ1) is 15.8. The number of rotatable bonds is 6. The molecule has 0 fully saturated rings. The maximum Gasteiger partial charge on any atom is 0.294 e. The molecule has 1 heterocycles. The normalized spacial score (nSPS) is 18.1. The van der Waals surface area contributed by atoms with E-state index in [1.807, 2.05) is 0 Å². The van der Waals surface area contributed by atoms with Crippen LogP contribution in [-0.4, -0.2) is 16.7 Å². The molecule has 21 heavy (non-hydrogen) atoms. The number of fused-ring (bicyclic) bond motifs is 1. The van der Waals surface area contributed by atoms with E-state index in [1.165, 1.54) is 0 Å². The van der Waals surface area contributed by atoms with Crippen LogP contribution in [0.5, 0.6) is 5.95 Å². The van der Waals surface area contributed by atoms with Crippen molar-refractivity contribution >= 4 is 11.6 Å². The number of unbranched alkanes of at least 4 members (excludes halogenated alkanes) is 2. The van der Waals surface area contributed by atoms with Crippen molar-refractivity contribution in [3.05, 3.63) is 16.9 Å². The fourth-order valence-corrected chi connectivity index (χ4v) is 2.94. The maximum atomic E-state index is 12.3. The molecular weight excluding hydrogens is 268 g/mol.